The molecule has 1 aliphatic rings. The number of halogens is 5. The van der Waals surface area contributed by atoms with Gasteiger partial charge in [0.1, 0.15) is 34.2 Å². The fourth-order valence-electron chi connectivity index (χ4n) is 4.87. The van der Waals surface area contributed by atoms with Crippen LogP contribution in [0.3, 0.4) is 0 Å². The van der Waals surface area contributed by atoms with E-state index < -0.39 is 53.7 Å². The van der Waals surface area contributed by atoms with E-state index in [9.17, 15) is 36.6 Å². The van der Waals surface area contributed by atoms with Crippen LogP contribution in [0.5, 0.6) is 11.5 Å². The third-order valence-electron chi connectivity index (χ3n) is 7.50. The summed E-state index contributed by atoms with van der Waals surface area (Å²) in [5.74, 6) is -2.60. The van der Waals surface area contributed by atoms with Crippen LogP contribution in [0.25, 0.3) is 22.2 Å². The maximum Gasteiger partial charge on any atom is 0.424 e. The Balaban J connectivity index is 1.55. The molecule has 15 heteroatoms. The van der Waals surface area contributed by atoms with Gasteiger partial charge in [-0.3, -0.25) is 9.59 Å². The topological polar surface area (TPSA) is 150 Å². The molecule has 0 saturated heterocycles. The molecule has 2 amide bonds. The highest BCUT2D eigenvalue weighted by Crippen LogP contribution is 2.49. The number of alkyl halides is 4. The average Bonchev–Trinajstić information content (AvgIpc) is 3.77. The van der Waals surface area contributed by atoms with Gasteiger partial charge < -0.3 is 25.6 Å². The zero-order chi connectivity index (χ0) is 33.4. The van der Waals surface area contributed by atoms with Crippen molar-refractivity contribution >= 4 is 22.7 Å². The van der Waals surface area contributed by atoms with Gasteiger partial charge in [-0.25, -0.2) is 13.8 Å². The number of aliphatic hydroxyl groups is 1. The second-order valence-electron chi connectivity index (χ2n) is 10.8. The van der Waals surface area contributed by atoms with Gasteiger partial charge >= 0.3 is 6.18 Å². The normalized spacial score (nSPS) is 15.2. The van der Waals surface area contributed by atoms with Gasteiger partial charge in [-0.15, -0.1) is 5.10 Å². The molecule has 2 heterocycles. The van der Waals surface area contributed by atoms with E-state index in [2.05, 4.69) is 20.5 Å². The van der Waals surface area contributed by atoms with Crippen molar-refractivity contribution < 1.29 is 46.1 Å². The summed E-state index contributed by atoms with van der Waals surface area (Å²) in [6.07, 6.45) is -5.48. The number of nitrogens with one attached hydrogen (secondary N) is 1. The molecule has 242 valence electrons. The molecule has 1 atom stereocenters. The summed E-state index contributed by atoms with van der Waals surface area (Å²) in [6.45, 7) is 0.201. The lowest BCUT2D eigenvalue weighted by atomic mass is 9.93. The minimum absolute atomic E-state index is 0.0230. The molecule has 1 aliphatic carbocycles. The van der Waals surface area contributed by atoms with E-state index in [4.69, 9.17) is 15.2 Å². The number of nitrogens with zero attached hydrogens (tertiary/aromatic N) is 3. The van der Waals surface area contributed by atoms with Crippen LogP contribution in [-0.2, 0) is 22.5 Å². The zero-order valence-electron chi connectivity index (χ0n) is 24.5. The minimum Gasteiger partial charge on any atom is -0.494 e. The zero-order valence-corrected chi connectivity index (χ0v) is 24.5. The lowest BCUT2D eigenvalue weighted by Crippen LogP contribution is -2.51. The van der Waals surface area contributed by atoms with Gasteiger partial charge in [0.2, 0.25) is 11.5 Å². The van der Waals surface area contributed by atoms with Crippen LogP contribution < -0.4 is 20.5 Å². The van der Waals surface area contributed by atoms with E-state index >= 15 is 0 Å². The standard InChI is InChI=1S/C31H28F5N5O5/c1-3-46-27-18(14-24(37)42)13-23(39-26(27)16-4-6-20(32)7-5-16)30(44,31(34,35)36)15-38-28(43)19-10-17-12-22(29(33)8-9-29)40-41-25(17)21(11-19)45-2/h4-7,10-13,44H,3,8-9,14-15H2,1-2H3,(H2,37,42)(H,38,43)/t30-/m0/s1. The first-order valence-corrected chi connectivity index (χ1v) is 14.0. The fraction of sp³-hybridized carbons (Fsp3) is 0.323. The molecule has 2 aromatic carbocycles. The van der Waals surface area contributed by atoms with Gasteiger partial charge in [-0.05, 0) is 68.3 Å². The minimum atomic E-state index is -5.41. The molecule has 4 aromatic rings. The number of aromatic nitrogens is 3. The Morgan fingerprint density at radius 3 is 2.37 bits per heavy atom. The molecule has 4 N–H and O–H groups in total. The number of primary amides is 1. The number of fused-ring (bicyclic) bond motifs is 1. The van der Waals surface area contributed by atoms with Crippen molar-refractivity contribution in [2.24, 2.45) is 5.73 Å². The first-order chi connectivity index (χ1) is 21.7. The van der Waals surface area contributed by atoms with Gasteiger partial charge in [0.15, 0.2) is 5.67 Å². The summed E-state index contributed by atoms with van der Waals surface area (Å²) in [6, 6.07) is 9.30. The number of carbonyl (C=O) groups excluding carboxylic acids is 2. The second-order valence-corrected chi connectivity index (χ2v) is 10.8. The average molecular weight is 646 g/mol. The molecule has 1 saturated carbocycles. The summed E-state index contributed by atoms with van der Waals surface area (Å²) in [7, 11) is 1.28. The molecule has 46 heavy (non-hydrogen) atoms. The van der Waals surface area contributed by atoms with Crippen LogP contribution in [0.4, 0.5) is 22.0 Å². The molecule has 1 fully saturated rings. The third kappa shape index (κ3) is 6.27. The van der Waals surface area contributed by atoms with Crippen molar-refractivity contribution in [3.63, 3.8) is 0 Å². The number of amides is 2. The molecule has 10 nitrogen and oxygen atoms in total. The first-order valence-electron chi connectivity index (χ1n) is 14.0. The lowest BCUT2D eigenvalue weighted by Gasteiger charge is -2.31. The Labute approximate surface area is 258 Å². The Bertz CT molecular complexity index is 1810. The second kappa shape index (κ2) is 12.1. The third-order valence-corrected chi connectivity index (χ3v) is 7.50. The van der Waals surface area contributed by atoms with Crippen LogP contribution >= 0.6 is 0 Å². The largest absolute Gasteiger partial charge is 0.494 e. The molecule has 0 aliphatic heterocycles. The van der Waals surface area contributed by atoms with Crippen molar-refractivity contribution in [1.82, 2.24) is 20.5 Å². The van der Waals surface area contributed by atoms with Crippen molar-refractivity contribution in [1.29, 1.82) is 0 Å². The predicted molar refractivity (Wildman–Crippen MR) is 154 cm³/mol. The van der Waals surface area contributed by atoms with Crippen molar-refractivity contribution in [3.05, 3.63) is 76.9 Å². The summed E-state index contributed by atoms with van der Waals surface area (Å²) < 4.78 is 83.2. The number of benzene rings is 2. The monoisotopic (exact) mass is 645 g/mol. The quantitative estimate of drug-likeness (QED) is 0.203. The fourth-order valence-corrected chi connectivity index (χ4v) is 4.87. The highest BCUT2D eigenvalue weighted by molar-refractivity contribution is 6.00. The lowest BCUT2D eigenvalue weighted by molar-refractivity contribution is -0.265. The molecule has 0 radical (unpaired) electrons. The molecule has 5 rings (SSSR count). The van der Waals surface area contributed by atoms with Crippen LogP contribution in [0, 0.1) is 5.82 Å². The highest BCUT2D eigenvalue weighted by atomic mass is 19.4. The van der Waals surface area contributed by atoms with E-state index in [1.807, 2.05) is 0 Å². The number of pyridine rings is 1. The molecule has 0 bridgehead atoms. The number of ether oxygens (including phenoxy) is 2. The summed E-state index contributed by atoms with van der Waals surface area (Å²) in [5, 5.41) is 21.5. The van der Waals surface area contributed by atoms with Crippen molar-refractivity contribution in [2.75, 3.05) is 20.3 Å². The Kier molecular flexibility index (Phi) is 8.55. The SMILES string of the molecule is CCOc1c(CC(N)=O)cc([C@@](O)(CNC(=O)c2cc(OC)c3nnc(C4(F)CC4)cc3c2)C(F)(F)F)nc1-c1ccc(F)cc1. The first kappa shape index (κ1) is 32.5. The van der Waals surface area contributed by atoms with Crippen LogP contribution in [0.2, 0.25) is 0 Å². The van der Waals surface area contributed by atoms with Crippen LogP contribution in [0.15, 0.2) is 48.5 Å². The van der Waals surface area contributed by atoms with E-state index in [1.165, 1.54) is 37.4 Å². The predicted octanol–water partition coefficient (Wildman–Crippen LogP) is 4.40. The molecular formula is C31H28F5N5O5. The molecule has 0 unspecified atom stereocenters. The number of hydrogen-bond donors (Lipinski definition) is 3. The van der Waals surface area contributed by atoms with E-state index in [-0.39, 0.29) is 69.9 Å². The summed E-state index contributed by atoms with van der Waals surface area (Å²) >= 11 is 0. The van der Waals surface area contributed by atoms with Crippen LogP contribution in [0.1, 0.15) is 47.1 Å². The Morgan fingerprint density at radius 2 is 1.78 bits per heavy atom. The maximum absolute atomic E-state index is 14.7. The number of methoxy groups -OCH3 is 1. The smallest absolute Gasteiger partial charge is 0.424 e. The van der Waals surface area contributed by atoms with Crippen molar-refractivity contribution in [2.45, 2.75) is 43.6 Å². The van der Waals surface area contributed by atoms with E-state index in [0.717, 1.165) is 18.2 Å². The van der Waals surface area contributed by atoms with Gasteiger partial charge in [-0.1, -0.05) is 0 Å². The van der Waals surface area contributed by atoms with E-state index in [0.29, 0.717) is 0 Å². The number of carbonyl (C=O) groups is 2. The number of hydrogen-bond acceptors (Lipinski definition) is 8. The molecular weight excluding hydrogens is 617 g/mol. The summed E-state index contributed by atoms with van der Waals surface area (Å²) in [4.78, 5) is 29.2. The van der Waals surface area contributed by atoms with Gasteiger partial charge in [0.25, 0.3) is 5.91 Å². The van der Waals surface area contributed by atoms with Gasteiger partial charge in [0.05, 0.1) is 32.4 Å². The van der Waals surface area contributed by atoms with E-state index in [1.54, 1.807) is 6.92 Å². The molecule has 0 spiro atoms. The summed E-state index contributed by atoms with van der Waals surface area (Å²) in [5.41, 5.74) is -1.18. The molecule has 2 aromatic heterocycles. The van der Waals surface area contributed by atoms with Gasteiger partial charge in [-0.2, -0.15) is 18.3 Å². The Hall–Kier alpha value is -4.92. The number of rotatable bonds is 11. The van der Waals surface area contributed by atoms with Crippen LogP contribution in [-0.4, -0.2) is 58.5 Å². The Morgan fingerprint density at radius 1 is 1.09 bits per heavy atom. The maximum atomic E-state index is 14.7. The van der Waals surface area contributed by atoms with Gasteiger partial charge in [0, 0.05) is 22.1 Å². The number of nitrogens with two attached hydrogens (primary N) is 1. The highest BCUT2D eigenvalue weighted by Gasteiger charge is 2.57. The van der Waals surface area contributed by atoms with Crippen molar-refractivity contribution in [3.8, 4) is 22.8 Å².